The lowest BCUT2D eigenvalue weighted by atomic mass is 10.0. The number of aromatic nitrogens is 1. The van der Waals surface area contributed by atoms with Crippen molar-refractivity contribution in [1.29, 1.82) is 0 Å². The Morgan fingerprint density at radius 1 is 1.27 bits per heavy atom. The topological polar surface area (TPSA) is 107 Å². The van der Waals surface area contributed by atoms with Crippen LogP contribution in [0.15, 0.2) is 18.2 Å². The van der Waals surface area contributed by atoms with Crippen molar-refractivity contribution in [2.24, 2.45) is 5.92 Å². The average molecular weight is 440 g/mol. The number of esters is 2. The van der Waals surface area contributed by atoms with Gasteiger partial charge in [-0.15, -0.1) is 0 Å². The Hall–Kier alpha value is -2.59. The quantitative estimate of drug-likeness (QED) is 0.410. The number of methoxy groups -OCH3 is 1. The SMILES string of the molecule is COC(=O)C(CC(C)C)NCCCC(=O)OCC(=O)Nc1nc2ccc(F)cc2s1. The lowest BCUT2D eigenvalue weighted by Crippen LogP contribution is -2.39. The molecule has 164 valence electrons. The molecule has 1 heterocycles. The van der Waals surface area contributed by atoms with Crippen molar-refractivity contribution in [3.05, 3.63) is 24.0 Å². The highest BCUT2D eigenvalue weighted by molar-refractivity contribution is 7.22. The van der Waals surface area contributed by atoms with E-state index in [0.717, 1.165) is 11.3 Å². The third-order valence-corrected chi connectivity index (χ3v) is 5.04. The number of nitrogens with zero attached hydrogens (tertiary/aromatic N) is 1. The molecule has 1 aromatic carbocycles. The Labute approximate surface area is 178 Å². The first-order chi connectivity index (χ1) is 14.3. The van der Waals surface area contributed by atoms with Gasteiger partial charge in [0.25, 0.3) is 5.91 Å². The normalized spacial score (nSPS) is 12.0. The van der Waals surface area contributed by atoms with E-state index in [0.29, 0.717) is 40.7 Å². The molecule has 0 aliphatic carbocycles. The van der Waals surface area contributed by atoms with Crippen LogP contribution >= 0.6 is 11.3 Å². The van der Waals surface area contributed by atoms with Gasteiger partial charge >= 0.3 is 11.9 Å². The average Bonchev–Trinajstić information content (AvgIpc) is 3.08. The van der Waals surface area contributed by atoms with E-state index in [2.05, 4.69) is 15.6 Å². The van der Waals surface area contributed by atoms with E-state index in [4.69, 9.17) is 9.47 Å². The highest BCUT2D eigenvalue weighted by Gasteiger charge is 2.19. The first-order valence-electron chi connectivity index (χ1n) is 9.61. The van der Waals surface area contributed by atoms with Gasteiger partial charge in [-0.3, -0.25) is 19.7 Å². The van der Waals surface area contributed by atoms with Gasteiger partial charge in [0.1, 0.15) is 11.9 Å². The maximum Gasteiger partial charge on any atom is 0.322 e. The maximum atomic E-state index is 13.2. The minimum atomic E-state index is -0.524. The van der Waals surface area contributed by atoms with Crippen LogP contribution in [-0.4, -0.2) is 49.1 Å². The van der Waals surface area contributed by atoms with Gasteiger partial charge in [0.2, 0.25) is 0 Å². The summed E-state index contributed by atoms with van der Waals surface area (Å²) in [5.74, 6) is -1.44. The number of nitrogens with one attached hydrogen (secondary N) is 2. The van der Waals surface area contributed by atoms with Gasteiger partial charge in [0.15, 0.2) is 11.7 Å². The van der Waals surface area contributed by atoms with E-state index >= 15 is 0 Å². The summed E-state index contributed by atoms with van der Waals surface area (Å²) >= 11 is 1.13. The Morgan fingerprint density at radius 3 is 2.73 bits per heavy atom. The summed E-state index contributed by atoms with van der Waals surface area (Å²) in [4.78, 5) is 39.7. The predicted molar refractivity (Wildman–Crippen MR) is 112 cm³/mol. The molecule has 0 saturated carbocycles. The minimum Gasteiger partial charge on any atom is -0.468 e. The van der Waals surface area contributed by atoms with Gasteiger partial charge in [-0.1, -0.05) is 25.2 Å². The first kappa shape index (κ1) is 23.7. The van der Waals surface area contributed by atoms with Crippen molar-refractivity contribution in [1.82, 2.24) is 10.3 Å². The highest BCUT2D eigenvalue weighted by Crippen LogP contribution is 2.26. The van der Waals surface area contributed by atoms with E-state index in [9.17, 15) is 18.8 Å². The van der Waals surface area contributed by atoms with E-state index in [1.165, 1.54) is 25.3 Å². The number of benzene rings is 1. The van der Waals surface area contributed by atoms with E-state index < -0.39 is 24.5 Å². The number of hydrogen-bond acceptors (Lipinski definition) is 8. The summed E-state index contributed by atoms with van der Waals surface area (Å²) in [6, 6.07) is 3.74. The molecule has 1 amide bonds. The van der Waals surface area contributed by atoms with E-state index in [1.807, 2.05) is 13.8 Å². The van der Waals surface area contributed by atoms with Crippen LogP contribution in [0.2, 0.25) is 0 Å². The first-order valence-corrected chi connectivity index (χ1v) is 10.4. The molecule has 0 aliphatic heterocycles. The summed E-state index contributed by atoms with van der Waals surface area (Å²) in [5, 5.41) is 5.91. The second-order valence-electron chi connectivity index (χ2n) is 7.10. The van der Waals surface area contributed by atoms with Crippen molar-refractivity contribution in [2.45, 2.75) is 39.2 Å². The fourth-order valence-electron chi connectivity index (χ4n) is 2.71. The third kappa shape index (κ3) is 7.68. The number of anilines is 1. The molecule has 0 radical (unpaired) electrons. The second kappa shape index (κ2) is 11.6. The molecule has 8 nitrogen and oxygen atoms in total. The number of fused-ring (bicyclic) bond motifs is 1. The lowest BCUT2D eigenvalue weighted by molar-refractivity contribution is -0.147. The van der Waals surface area contributed by atoms with Gasteiger partial charge in [-0.05, 0) is 43.5 Å². The number of carbonyl (C=O) groups excluding carboxylic acids is 3. The number of hydrogen-bond donors (Lipinski definition) is 2. The molecule has 0 fully saturated rings. The largest absolute Gasteiger partial charge is 0.468 e. The number of rotatable bonds is 11. The molecular weight excluding hydrogens is 413 g/mol. The fraction of sp³-hybridized carbons (Fsp3) is 0.500. The third-order valence-electron chi connectivity index (χ3n) is 4.10. The molecule has 1 unspecified atom stereocenters. The van der Waals surface area contributed by atoms with Crippen LogP contribution in [-0.2, 0) is 23.9 Å². The van der Waals surface area contributed by atoms with Crippen molar-refractivity contribution in [3.63, 3.8) is 0 Å². The monoisotopic (exact) mass is 439 g/mol. The van der Waals surface area contributed by atoms with Gasteiger partial charge in [-0.2, -0.15) is 0 Å². The van der Waals surface area contributed by atoms with Crippen LogP contribution in [0.3, 0.4) is 0 Å². The molecule has 1 atom stereocenters. The van der Waals surface area contributed by atoms with Crippen LogP contribution in [0.4, 0.5) is 9.52 Å². The van der Waals surface area contributed by atoms with Gasteiger partial charge in [0.05, 0.1) is 17.3 Å². The van der Waals surface area contributed by atoms with Gasteiger partial charge in [-0.25, -0.2) is 9.37 Å². The standard InChI is InChI=1S/C20H26FN3O5S/c1-12(2)9-15(19(27)28-3)22-8-4-5-18(26)29-11-17(25)24-20-23-14-7-6-13(21)10-16(14)30-20/h6-7,10,12,15,22H,4-5,8-9,11H2,1-3H3,(H,23,24,25). The molecule has 2 N–H and O–H groups in total. The Bertz CT molecular complexity index is 886. The number of thiazole rings is 1. The van der Waals surface area contributed by atoms with Crippen molar-refractivity contribution in [3.8, 4) is 0 Å². The van der Waals surface area contributed by atoms with E-state index in [1.54, 1.807) is 0 Å². The van der Waals surface area contributed by atoms with Crippen molar-refractivity contribution < 1.29 is 28.2 Å². The second-order valence-corrected chi connectivity index (χ2v) is 8.13. The van der Waals surface area contributed by atoms with Crippen LogP contribution in [0, 0.1) is 11.7 Å². The summed E-state index contributed by atoms with van der Waals surface area (Å²) in [6.07, 6.45) is 1.20. The zero-order chi connectivity index (χ0) is 22.1. The van der Waals surface area contributed by atoms with Gasteiger partial charge < -0.3 is 14.8 Å². The Kier molecular flexibility index (Phi) is 9.13. The molecule has 2 aromatic rings. The minimum absolute atomic E-state index is 0.107. The smallest absolute Gasteiger partial charge is 0.322 e. The molecule has 0 aliphatic rings. The van der Waals surface area contributed by atoms with Crippen LogP contribution in [0.25, 0.3) is 10.2 Å². The number of halogens is 1. The van der Waals surface area contributed by atoms with Crippen LogP contribution < -0.4 is 10.6 Å². The zero-order valence-corrected chi connectivity index (χ0v) is 18.0. The molecule has 1 aromatic heterocycles. The number of amides is 1. The predicted octanol–water partition coefficient (Wildman–Crippen LogP) is 2.87. The summed E-state index contributed by atoms with van der Waals surface area (Å²) in [5.41, 5.74) is 0.573. The molecule has 0 spiro atoms. The molecule has 10 heteroatoms. The Balaban J connectivity index is 1.68. The number of carbonyl (C=O) groups is 3. The Morgan fingerprint density at radius 2 is 2.03 bits per heavy atom. The number of ether oxygens (including phenoxy) is 2. The molecule has 0 bridgehead atoms. The van der Waals surface area contributed by atoms with E-state index in [-0.39, 0.29) is 18.2 Å². The molecule has 30 heavy (non-hydrogen) atoms. The fourth-order valence-corrected chi connectivity index (χ4v) is 3.62. The van der Waals surface area contributed by atoms with Gasteiger partial charge in [0, 0.05) is 6.42 Å². The maximum absolute atomic E-state index is 13.2. The summed E-state index contributed by atoms with van der Waals surface area (Å²) in [7, 11) is 1.34. The molecule has 0 saturated heterocycles. The zero-order valence-electron chi connectivity index (χ0n) is 17.2. The summed E-state index contributed by atoms with van der Waals surface area (Å²) in [6.45, 7) is 4.02. The van der Waals surface area contributed by atoms with Crippen LogP contribution in [0.1, 0.15) is 33.1 Å². The molecule has 2 rings (SSSR count). The van der Waals surface area contributed by atoms with Crippen molar-refractivity contribution in [2.75, 3.05) is 25.6 Å². The van der Waals surface area contributed by atoms with Crippen LogP contribution in [0.5, 0.6) is 0 Å². The highest BCUT2D eigenvalue weighted by atomic mass is 32.1. The van der Waals surface area contributed by atoms with Crippen molar-refractivity contribution >= 4 is 44.5 Å². The lowest BCUT2D eigenvalue weighted by Gasteiger charge is -2.18. The molecular formula is C20H26FN3O5S. The summed E-state index contributed by atoms with van der Waals surface area (Å²) < 4.78 is 23.5.